The first-order chi connectivity index (χ1) is 9.61. The fourth-order valence-corrected chi connectivity index (χ4v) is 2.73. The minimum atomic E-state index is -0.281. The third-order valence-electron chi connectivity index (χ3n) is 2.89. The van der Waals surface area contributed by atoms with E-state index >= 15 is 0 Å². The molecule has 2 radical (unpaired) electrons. The van der Waals surface area contributed by atoms with Gasteiger partial charge in [-0.05, 0) is 13.3 Å². The van der Waals surface area contributed by atoms with Crippen molar-refractivity contribution in [1.82, 2.24) is 0 Å². The van der Waals surface area contributed by atoms with Crippen LogP contribution in [-0.4, -0.2) is 42.2 Å². The van der Waals surface area contributed by atoms with E-state index in [0.29, 0.717) is 12.2 Å². The van der Waals surface area contributed by atoms with Crippen molar-refractivity contribution in [2.45, 2.75) is 57.4 Å². The SMILES string of the molecule is C=C(C)C(=O)OCCCCCCCC[Si]C(OC)OC. The van der Waals surface area contributed by atoms with Gasteiger partial charge in [0.15, 0.2) is 0 Å². The van der Waals surface area contributed by atoms with Crippen molar-refractivity contribution in [3.8, 4) is 0 Å². The van der Waals surface area contributed by atoms with E-state index < -0.39 is 0 Å². The molecule has 0 unspecified atom stereocenters. The van der Waals surface area contributed by atoms with E-state index in [1.807, 2.05) is 0 Å². The van der Waals surface area contributed by atoms with E-state index in [9.17, 15) is 4.79 Å². The number of hydrogen-bond donors (Lipinski definition) is 0. The lowest BCUT2D eigenvalue weighted by Gasteiger charge is -2.11. The Morgan fingerprint density at radius 1 is 1.05 bits per heavy atom. The van der Waals surface area contributed by atoms with Crippen LogP contribution in [0, 0.1) is 0 Å². The molecule has 0 fully saturated rings. The van der Waals surface area contributed by atoms with Gasteiger partial charge in [0, 0.05) is 19.8 Å². The fraction of sp³-hybridized carbons (Fsp3) is 0.800. The van der Waals surface area contributed by atoms with Crippen LogP contribution in [0.2, 0.25) is 6.04 Å². The predicted molar refractivity (Wildman–Crippen MR) is 81.8 cm³/mol. The fourth-order valence-electron chi connectivity index (χ4n) is 1.71. The summed E-state index contributed by atoms with van der Waals surface area (Å²) in [6.07, 6.45) is 6.97. The molecule has 0 atom stereocenters. The Labute approximate surface area is 125 Å². The van der Waals surface area contributed by atoms with Gasteiger partial charge < -0.3 is 14.2 Å². The third-order valence-corrected chi connectivity index (χ3v) is 4.34. The molecule has 0 aliphatic rings. The van der Waals surface area contributed by atoms with Gasteiger partial charge in [0.25, 0.3) is 0 Å². The molecule has 116 valence electrons. The van der Waals surface area contributed by atoms with Crippen LogP contribution in [0.1, 0.15) is 45.4 Å². The first-order valence-electron chi connectivity index (χ1n) is 7.23. The van der Waals surface area contributed by atoms with Crippen molar-refractivity contribution in [2.24, 2.45) is 0 Å². The van der Waals surface area contributed by atoms with Crippen molar-refractivity contribution in [2.75, 3.05) is 20.8 Å². The summed E-state index contributed by atoms with van der Waals surface area (Å²) in [5.74, 6) is -0.310. The summed E-state index contributed by atoms with van der Waals surface area (Å²) in [6, 6.07) is 1.17. The largest absolute Gasteiger partial charge is 0.462 e. The summed E-state index contributed by atoms with van der Waals surface area (Å²) in [4.78, 5) is 11.1. The van der Waals surface area contributed by atoms with E-state index in [1.54, 1.807) is 21.1 Å². The average Bonchev–Trinajstić information content (AvgIpc) is 2.44. The molecule has 20 heavy (non-hydrogen) atoms. The van der Waals surface area contributed by atoms with Crippen LogP contribution < -0.4 is 0 Å². The van der Waals surface area contributed by atoms with E-state index in [4.69, 9.17) is 14.2 Å². The second-order valence-corrected chi connectivity index (χ2v) is 6.17. The van der Waals surface area contributed by atoms with Crippen molar-refractivity contribution < 1.29 is 19.0 Å². The Morgan fingerprint density at radius 3 is 2.15 bits per heavy atom. The molecular weight excluding hydrogens is 272 g/mol. The number of carbonyl (C=O) groups is 1. The van der Waals surface area contributed by atoms with Crippen molar-refractivity contribution in [3.05, 3.63) is 12.2 Å². The molecule has 0 aliphatic heterocycles. The van der Waals surface area contributed by atoms with Crippen LogP contribution in [0.3, 0.4) is 0 Å². The van der Waals surface area contributed by atoms with Crippen LogP contribution in [0.25, 0.3) is 0 Å². The van der Waals surface area contributed by atoms with Crippen LogP contribution >= 0.6 is 0 Å². The molecule has 0 spiro atoms. The first-order valence-corrected chi connectivity index (χ1v) is 8.52. The maximum absolute atomic E-state index is 11.1. The highest BCUT2D eigenvalue weighted by Gasteiger charge is 2.05. The first kappa shape index (κ1) is 19.3. The number of ether oxygens (including phenoxy) is 3. The molecule has 0 N–H and O–H groups in total. The van der Waals surface area contributed by atoms with Crippen LogP contribution in [0.5, 0.6) is 0 Å². The van der Waals surface area contributed by atoms with E-state index in [0.717, 1.165) is 22.4 Å². The Balaban J connectivity index is 3.21. The summed E-state index contributed by atoms with van der Waals surface area (Å²) in [5.41, 5.74) is 0.469. The van der Waals surface area contributed by atoms with Gasteiger partial charge in [-0.25, -0.2) is 4.79 Å². The molecular formula is C15H28O4Si. The zero-order valence-corrected chi connectivity index (χ0v) is 14.1. The summed E-state index contributed by atoms with van der Waals surface area (Å²) < 4.78 is 15.3. The quantitative estimate of drug-likeness (QED) is 0.172. The smallest absolute Gasteiger partial charge is 0.333 e. The molecule has 0 aromatic carbocycles. The molecule has 0 amide bonds. The lowest BCUT2D eigenvalue weighted by atomic mass is 10.1. The normalized spacial score (nSPS) is 10.8. The molecule has 0 saturated heterocycles. The van der Waals surface area contributed by atoms with E-state index in [2.05, 4.69) is 6.58 Å². The third kappa shape index (κ3) is 11.2. The molecule has 0 saturated carbocycles. The molecule has 0 aromatic rings. The number of methoxy groups -OCH3 is 2. The molecule has 0 rings (SSSR count). The maximum atomic E-state index is 11.1. The minimum Gasteiger partial charge on any atom is -0.462 e. The standard InChI is InChI=1S/C15H28O4Si/c1-13(2)14(16)19-11-9-7-5-6-8-10-12-20-15(17-3)18-4/h15H,1,5-12H2,2-4H3. The number of hydrogen-bond acceptors (Lipinski definition) is 4. The zero-order chi connectivity index (χ0) is 15.2. The second-order valence-electron chi connectivity index (χ2n) is 4.80. The van der Waals surface area contributed by atoms with Crippen LogP contribution in [0.4, 0.5) is 0 Å². The van der Waals surface area contributed by atoms with Gasteiger partial charge >= 0.3 is 5.97 Å². The van der Waals surface area contributed by atoms with Crippen molar-refractivity contribution in [1.29, 1.82) is 0 Å². The topological polar surface area (TPSA) is 44.8 Å². The summed E-state index contributed by atoms with van der Waals surface area (Å²) in [5, 5.41) is 0. The molecule has 0 bridgehead atoms. The monoisotopic (exact) mass is 300 g/mol. The second kappa shape index (κ2) is 13.3. The number of carbonyl (C=O) groups excluding carboxylic acids is 1. The number of unbranched alkanes of at least 4 members (excludes halogenated alkanes) is 5. The summed E-state index contributed by atoms with van der Waals surface area (Å²) >= 11 is 0. The summed E-state index contributed by atoms with van der Waals surface area (Å²) in [7, 11) is 4.08. The Morgan fingerprint density at radius 2 is 1.60 bits per heavy atom. The lowest BCUT2D eigenvalue weighted by Crippen LogP contribution is -2.20. The molecule has 0 aromatic heterocycles. The van der Waals surface area contributed by atoms with Gasteiger partial charge in [0.05, 0.1) is 6.61 Å². The molecule has 5 heteroatoms. The van der Waals surface area contributed by atoms with E-state index in [-0.39, 0.29) is 11.9 Å². The van der Waals surface area contributed by atoms with Crippen molar-refractivity contribution >= 4 is 15.5 Å². The average molecular weight is 300 g/mol. The van der Waals surface area contributed by atoms with Gasteiger partial charge in [-0.2, -0.15) is 0 Å². The Bertz CT molecular complexity index is 265. The summed E-state index contributed by atoms with van der Waals surface area (Å²) in [6.45, 7) is 5.72. The van der Waals surface area contributed by atoms with Crippen LogP contribution in [0.15, 0.2) is 12.2 Å². The van der Waals surface area contributed by atoms with Gasteiger partial charge in [-0.3, -0.25) is 0 Å². The lowest BCUT2D eigenvalue weighted by molar-refractivity contribution is -0.139. The maximum Gasteiger partial charge on any atom is 0.333 e. The predicted octanol–water partition coefficient (Wildman–Crippen LogP) is 3.15. The number of esters is 1. The molecule has 0 heterocycles. The zero-order valence-electron chi connectivity index (χ0n) is 13.1. The highest BCUT2D eigenvalue weighted by Crippen LogP contribution is 2.08. The highest BCUT2D eigenvalue weighted by molar-refractivity contribution is 6.36. The van der Waals surface area contributed by atoms with Gasteiger partial charge in [0.1, 0.15) is 15.4 Å². The van der Waals surface area contributed by atoms with Crippen molar-refractivity contribution in [3.63, 3.8) is 0 Å². The Kier molecular flexibility index (Phi) is 12.9. The minimum absolute atomic E-state index is 0.0296. The van der Waals surface area contributed by atoms with E-state index in [1.165, 1.54) is 31.7 Å². The Hall–Kier alpha value is -0.653. The van der Waals surface area contributed by atoms with Gasteiger partial charge in [-0.15, -0.1) is 0 Å². The molecule has 4 nitrogen and oxygen atoms in total. The van der Waals surface area contributed by atoms with Gasteiger partial charge in [0.2, 0.25) is 0 Å². The van der Waals surface area contributed by atoms with Gasteiger partial charge in [-0.1, -0.05) is 44.7 Å². The highest BCUT2D eigenvalue weighted by atomic mass is 28.2. The number of rotatable bonds is 13. The van der Waals surface area contributed by atoms with Crippen LogP contribution in [-0.2, 0) is 19.0 Å². The molecule has 0 aliphatic carbocycles.